The topological polar surface area (TPSA) is 59.8 Å². The number of benzene rings is 1. The Kier molecular flexibility index (Phi) is 5.55. The lowest BCUT2D eigenvalue weighted by Crippen LogP contribution is -2.09. The van der Waals surface area contributed by atoms with E-state index in [4.69, 9.17) is 0 Å². The fourth-order valence-corrected chi connectivity index (χ4v) is 4.15. The third-order valence-electron chi connectivity index (χ3n) is 3.75. The first-order valence-electron chi connectivity index (χ1n) is 8.09. The van der Waals surface area contributed by atoms with E-state index in [1.807, 2.05) is 41.9 Å². The standard InChI is InChI=1S/C18H20N4OS2/c1-4-5-13-10-16(24-12(13)2)17(23)20-14-6-8-15(9-7-14)25-18-21-19-11-22(18)3/h6-11H,4-5H2,1-3H3,(H,20,23). The van der Waals surface area contributed by atoms with Crippen LogP contribution >= 0.6 is 23.1 Å². The Morgan fingerprint density at radius 1 is 1.32 bits per heavy atom. The summed E-state index contributed by atoms with van der Waals surface area (Å²) in [7, 11) is 1.91. The highest BCUT2D eigenvalue weighted by Gasteiger charge is 2.12. The number of nitrogens with one attached hydrogen (secondary N) is 1. The van der Waals surface area contributed by atoms with E-state index < -0.39 is 0 Å². The molecule has 2 heterocycles. The van der Waals surface area contributed by atoms with Gasteiger partial charge in [-0.3, -0.25) is 4.79 Å². The molecule has 25 heavy (non-hydrogen) atoms. The molecule has 0 aliphatic rings. The molecule has 1 amide bonds. The van der Waals surface area contributed by atoms with E-state index in [-0.39, 0.29) is 5.91 Å². The molecule has 0 atom stereocenters. The van der Waals surface area contributed by atoms with E-state index in [1.165, 1.54) is 22.2 Å². The van der Waals surface area contributed by atoms with E-state index in [2.05, 4.69) is 29.4 Å². The second-order valence-corrected chi connectivity index (χ2v) is 8.04. The van der Waals surface area contributed by atoms with Crippen molar-refractivity contribution in [1.82, 2.24) is 14.8 Å². The highest BCUT2D eigenvalue weighted by atomic mass is 32.2. The Bertz CT molecular complexity index is 868. The monoisotopic (exact) mass is 372 g/mol. The number of amides is 1. The van der Waals surface area contributed by atoms with Crippen LogP contribution in [0.3, 0.4) is 0 Å². The number of hydrogen-bond acceptors (Lipinski definition) is 5. The molecular weight excluding hydrogens is 352 g/mol. The summed E-state index contributed by atoms with van der Waals surface area (Å²) >= 11 is 3.09. The summed E-state index contributed by atoms with van der Waals surface area (Å²) in [4.78, 5) is 15.5. The Morgan fingerprint density at radius 3 is 2.72 bits per heavy atom. The summed E-state index contributed by atoms with van der Waals surface area (Å²) in [6.07, 6.45) is 3.78. The van der Waals surface area contributed by atoms with Crippen LogP contribution < -0.4 is 5.32 Å². The number of carbonyl (C=O) groups excluding carboxylic acids is 1. The van der Waals surface area contributed by atoms with Gasteiger partial charge in [-0.15, -0.1) is 21.5 Å². The molecule has 5 nitrogen and oxygen atoms in total. The van der Waals surface area contributed by atoms with Crippen LogP contribution in [0.25, 0.3) is 0 Å². The van der Waals surface area contributed by atoms with Crippen LogP contribution in [-0.2, 0) is 13.5 Å². The zero-order valence-electron chi connectivity index (χ0n) is 14.4. The second kappa shape index (κ2) is 7.84. The lowest BCUT2D eigenvalue weighted by molar-refractivity contribution is 0.103. The smallest absolute Gasteiger partial charge is 0.265 e. The summed E-state index contributed by atoms with van der Waals surface area (Å²) in [5.41, 5.74) is 2.06. The van der Waals surface area contributed by atoms with Gasteiger partial charge in [0.25, 0.3) is 5.91 Å². The van der Waals surface area contributed by atoms with Crippen molar-refractivity contribution in [2.24, 2.45) is 7.05 Å². The normalized spacial score (nSPS) is 10.8. The second-order valence-electron chi connectivity index (χ2n) is 5.75. The molecular formula is C18H20N4OS2. The predicted octanol–water partition coefficient (Wildman–Crippen LogP) is 4.54. The van der Waals surface area contributed by atoms with E-state index in [0.717, 1.165) is 33.5 Å². The summed E-state index contributed by atoms with van der Waals surface area (Å²) in [5.74, 6) is -0.0517. The molecule has 2 aromatic heterocycles. The highest BCUT2D eigenvalue weighted by Crippen LogP contribution is 2.27. The minimum atomic E-state index is -0.0517. The number of aryl methyl sites for hydroxylation is 3. The number of nitrogens with zero attached hydrogens (tertiary/aromatic N) is 3. The van der Waals surface area contributed by atoms with Gasteiger partial charge in [-0.05, 0) is 61.0 Å². The highest BCUT2D eigenvalue weighted by molar-refractivity contribution is 7.99. The largest absolute Gasteiger partial charge is 0.321 e. The molecule has 3 aromatic rings. The number of hydrogen-bond donors (Lipinski definition) is 1. The Labute approximate surface area is 155 Å². The van der Waals surface area contributed by atoms with Gasteiger partial charge in [-0.1, -0.05) is 13.3 Å². The van der Waals surface area contributed by atoms with E-state index in [1.54, 1.807) is 17.7 Å². The lowest BCUT2D eigenvalue weighted by Gasteiger charge is -2.05. The van der Waals surface area contributed by atoms with Crippen molar-refractivity contribution in [1.29, 1.82) is 0 Å². The molecule has 0 fully saturated rings. The van der Waals surface area contributed by atoms with Gasteiger partial charge in [-0.2, -0.15) is 0 Å². The van der Waals surface area contributed by atoms with Gasteiger partial charge in [0.1, 0.15) is 6.33 Å². The molecule has 0 radical (unpaired) electrons. The molecule has 0 aliphatic carbocycles. The zero-order valence-corrected chi connectivity index (χ0v) is 16.1. The molecule has 1 aromatic carbocycles. The zero-order chi connectivity index (χ0) is 17.8. The van der Waals surface area contributed by atoms with Crippen LogP contribution in [0, 0.1) is 6.92 Å². The first kappa shape index (κ1) is 17.7. The molecule has 3 rings (SSSR count). The number of anilines is 1. The average molecular weight is 373 g/mol. The number of aromatic nitrogens is 3. The molecule has 7 heteroatoms. The van der Waals surface area contributed by atoms with Crippen LogP contribution in [0.2, 0.25) is 0 Å². The maximum atomic E-state index is 12.4. The number of thiophene rings is 1. The minimum Gasteiger partial charge on any atom is -0.321 e. The molecule has 130 valence electrons. The maximum absolute atomic E-state index is 12.4. The summed E-state index contributed by atoms with van der Waals surface area (Å²) in [6, 6.07) is 9.76. The fraction of sp³-hybridized carbons (Fsp3) is 0.278. The minimum absolute atomic E-state index is 0.0517. The first-order valence-corrected chi connectivity index (χ1v) is 9.72. The molecule has 0 bridgehead atoms. The van der Waals surface area contributed by atoms with Crippen molar-refractivity contribution in [2.45, 2.75) is 36.7 Å². The van der Waals surface area contributed by atoms with Gasteiger partial charge < -0.3 is 9.88 Å². The molecule has 1 N–H and O–H groups in total. The van der Waals surface area contributed by atoms with Crippen molar-refractivity contribution in [3.8, 4) is 0 Å². The summed E-state index contributed by atoms with van der Waals surface area (Å²) < 4.78 is 1.87. The van der Waals surface area contributed by atoms with Crippen molar-refractivity contribution in [3.63, 3.8) is 0 Å². The summed E-state index contributed by atoms with van der Waals surface area (Å²) in [6.45, 7) is 4.22. The van der Waals surface area contributed by atoms with Crippen molar-refractivity contribution in [2.75, 3.05) is 5.32 Å². The van der Waals surface area contributed by atoms with Gasteiger partial charge in [0.05, 0.1) is 4.88 Å². The molecule has 0 aliphatic heterocycles. The van der Waals surface area contributed by atoms with E-state index in [9.17, 15) is 4.79 Å². The van der Waals surface area contributed by atoms with Crippen LogP contribution in [0.4, 0.5) is 5.69 Å². The quantitative estimate of drug-likeness (QED) is 0.690. The van der Waals surface area contributed by atoms with Gasteiger partial charge in [0.15, 0.2) is 5.16 Å². The van der Waals surface area contributed by atoms with Crippen molar-refractivity contribution < 1.29 is 4.79 Å². The fourth-order valence-electron chi connectivity index (χ4n) is 2.42. The van der Waals surface area contributed by atoms with Crippen LogP contribution in [0.5, 0.6) is 0 Å². The van der Waals surface area contributed by atoms with E-state index >= 15 is 0 Å². The van der Waals surface area contributed by atoms with Crippen LogP contribution in [-0.4, -0.2) is 20.7 Å². The van der Waals surface area contributed by atoms with Gasteiger partial charge >= 0.3 is 0 Å². The Hall–Kier alpha value is -2.12. The Morgan fingerprint density at radius 2 is 2.08 bits per heavy atom. The van der Waals surface area contributed by atoms with Crippen LogP contribution in [0.15, 0.2) is 46.7 Å². The Balaban J connectivity index is 1.65. The number of rotatable bonds is 6. The van der Waals surface area contributed by atoms with Crippen molar-refractivity contribution in [3.05, 3.63) is 52.0 Å². The molecule has 0 saturated heterocycles. The van der Waals surface area contributed by atoms with Gasteiger partial charge in [-0.25, -0.2) is 0 Å². The van der Waals surface area contributed by atoms with Gasteiger partial charge in [0.2, 0.25) is 0 Å². The molecule has 0 unspecified atom stereocenters. The van der Waals surface area contributed by atoms with Crippen molar-refractivity contribution >= 4 is 34.7 Å². The first-order chi connectivity index (χ1) is 12.1. The number of carbonyl (C=O) groups is 1. The SMILES string of the molecule is CCCc1cc(C(=O)Nc2ccc(Sc3nncn3C)cc2)sc1C. The van der Waals surface area contributed by atoms with E-state index in [0.29, 0.717) is 0 Å². The third kappa shape index (κ3) is 4.29. The molecule has 0 saturated carbocycles. The third-order valence-corrected chi connectivity index (χ3v) is 5.91. The van der Waals surface area contributed by atoms with Gasteiger partial charge in [0, 0.05) is 22.5 Å². The summed E-state index contributed by atoms with van der Waals surface area (Å²) in [5, 5.41) is 11.7. The predicted molar refractivity (Wildman–Crippen MR) is 103 cm³/mol. The average Bonchev–Trinajstić information content (AvgIpc) is 3.16. The lowest BCUT2D eigenvalue weighted by atomic mass is 10.1. The van der Waals surface area contributed by atoms with Crippen LogP contribution in [0.1, 0.15) is 33.5 Å². The molecule has 0 spiro atoms. The maximum Gasteiger partial charge on any atom is 0.265 e.